The molecule has 1 N–H and O–H groups in total. The summed E-state index contributed by atoms with van der Waals surface area (Å²) in [6.45, 7) is 1.98. The Morgan fingerprint density at radius 3 is 2.40 bits per heavy atom. The summed E-state index contributed by atoms with van der Waals surface area (Å²) in [7, 11) is 1.53. The molecule has 0 saturated carbocycles. The molecule has 2 aromatic carbocycles. The van der Waals surface area contributed by atoms with E-state index in [9.17, 15) is 13.2 Å². The van der Waals surface area contributed by atoms with E-state index in [2.05, 4.69) is 4.72 Å². The molecule has 0 aromatic heterocycles. The minimum Gasteiger partial charge on any atom is -0.496 e. The Morgan fingerprint density at radius 1 is 1.13 bits per heavy atom. The predicted molar refractivity (Wildman–Crippen MR) is 115 cm³/mol. The molecule has 9 heteroatoms. The van der Waals surface area contributed by atoms with Crippen LogP contribution in [-0.4, -0.2) is 66.7 Å². The maximum Gasteiger partial charge on any atom is 0.257 e. The van der Waals surface area contributed by atoms with Gasteiger partial charge in [-0.1, -0.05) is 12.1 Å². The Hall–Kier alpha value is -2.62. The minimum atomic E-state index is -3.81. The molecule has 0 bridgehead atoms. The second kappa shape index (κ2) is 9.46. The van der Waals surface area contributed by atoms with Gasteiger partial charge in [0.2, 0.25) is 10.0 Å². The summed E-state index contributed by atoms with van der Waals surface area (Å²) >= 11 is 0. The maximum atomic E-state index is 12.9. The van der Waals surface area contributed by atoms with E-state index in [-0.39, 0.29) is 22.9 Å². The quantitative estimate of drug-likeness (QED) is 0.715. The van der Waals surface area contributed by atoms with Crippen LogP contribution in [0.4, 0.5) is 5.69 Å². The number of carbonyl (C=O) groups is 1. The van der Waals surface area contributed by atoms with Gasteiger partial charge in [0.15, 0.2) is 0 Å². The van der Waals surface area contributed by atoms with Crippen LogP contribution in [0.5, 0.6) is 5.75 Å². The van der Waals surface area contributed by atoms with Gasteiger partial charge >= 0.3 is 0 Å². The van der Waals surface area contributed by atoms with Crippen molar-refractivity contribution < 1.29 is 22.7 Å². The fourth-order valence-electron chi connectivity index (χ4n) is 3.13. The average Bonchev–Trinajstić information content (AvgIpc) is 2.77. The Labute approximate surface area is 177 Å². The molecule has 0 unspecified atom stereocenters. The van der Waals surface area contributed by atoms with Gasteiger partial charge in [-0.2, -0.15) is 0 Å². The van der Waals surface area contributed by atoms with Crippen LogP contribution < -0.4 is 14.4 Å². The van der Waals surface area contributed by atoms with Crippen molar-refractivity contribution in [2.24, 2.45) is 0 Å². The third-order valence-corrected chi connectivity index (χ3v) is 6.33. The van der Waals surface area contributed by atoms with E-state index in [0.29, 0.717) is 32.1 Å². The van der Waals surface area contributed by atoms with Gasteiger partial charge in [-0.05, 0) is 35.9 Å². The fraction of sp³-hybridized carbons (Fsp3) is 0.381. The van der Waals surface area contributed by atoms with Crippen molar-refractivity contribution in [3.63, 3.8) is 0 Å². The number of morpholine rings is 1. The van der Waals surface area contributed by atoms with Gasteiger partial charge in [0.1, 0.15) is 5.75 Å². The first-order chi connectivity index (χ1) is 14.3. The largest absolute Gasteiger partial charge is 0.496 e. The number of ether oxygens (including phenoxy) is 2. The SMILES string of the molecule is COc1ccc(S(=O)(=O)NCc2ccc(N(C)C)cc2)cc1C(=O)N1CCOCC1. The number of nitrogens with zero attached hydrogens (tertiary/aromatic N) is 2. The molecule has 2 aromatic rings. The normalized spacial score (nSPS) is 14.4. The van der Waals surface area contributed by atoms with E-state index in [1.807, 2.05) is 43.3 Å². The standard InChI is InChI=1S/C21H27N3O5S/c1-23(2)17-6-4-16(5-7-17)15-22-30(26,27)18-8-9-20(28-3)19(14-18)21(25)24-10-12-29-13-11-24/h4-9,14,22H,10-13,15H2,1-3H3. The maximum absolute atomic E-state index is 12.9. The lowest BCUT2D eigenvalue weighted by atomic mass is 10.1. The highest BCUT2D eigenvalue weighted by Crippen LogP contribution is 2.24. The van der Waals surface area contributed by atoms with Crippen molar-refractivity contribution in [1.82, 2.24) is 9.62 Å². The second-order valence-corrected chi connectivity index (χ2v) is 8.92. The van der Waals surface area contributed by atoms with Crippen molar-refractivity contribution in [2.45, 2.75) is 11.4 Å². The molecule has 1 fully saturated rings. The molecule has 0 spiro atoms. The number of anilines is 1. The lowest BCUT2D eigenvalue weighted by Gasteiger charge is -2.27. The van der Waals surface area contributed by atoms with Crippen LogP contribution in [-0.2, 0) is 21.3 Å². The number of amides is 1. The van der Waals surface area contributed by atoms with Crippen LogP contribution in [0.15, 0.2) is 47.4 Å². The van der Waals surface area contributed by atoms with E-state index >= 15 is 0 Å². The summed E-state index contributed by atoms with van der Waals surface area (Å²) in [4.78, 5) is 16.5. The van der Waals surface area contributed by atoms with Crippen LogP contribution in [0.3, 0.4) is 0 Å². The van der Waals surface area contributed by atoms with Crippen molar-refractivity contribution in [3.8, 4) is 5.75 Å². The van der Waals surface area contributed by atoms with E-state index in [1.165, 1.54) is 25.3 Å². The number of carbonyl (C=O) groups excluding carboxylic acids is 1. The molecule has 1 saturated heterocycles. The minimum absolute atomic E-state index is 0.0184. The van der Waals surface area contributed by atoms with Gasteiger partial charge in [-0.3, -0.25) is 4.79 Å². The molecule has 1 heterocycles. The summed E-state index contributed by atoms with van der Waals surface area (Å²) < 4.78 is 38.8. The summed E-state index contributed by atoms with van der Waals surface area (Å²) in [5, 5.41) is 0. The molecule has 1 amide bonds. The first-order valence-electron chi connectivity index (χ1n) is 9.63. The van der Waals surface area contributed by atoms with E-state index in [0.717, 1.165) is 11.3 Å². The van der Waals surface area contributed by atoms with E-state index in [1.54, 1.807) is 4.90 Å². The Balaban J connectivity index is 1.78. The highest BCUT2D eigenvalue weighted by Gasteiger charge is 2.24. The lowest BCUT2D eigenvalue weighted by molar-refractivity contribution is 0.0300. The highest BCUT2D eigenvalue weighted by atomic mass is 32.2. The average molecular weight is 434 g/mol. The molecule has 3 rings (SSSR count). The molecular weight excluding hydrogens is 406 g/mol. The number of nitrogens with one attached hydrogen (secondary N) is 1. The van der Waals surface area contributed by atoms with Crippen LogP contribution in [0.2, 0.25) is 0 Å². The molecule has 1 aliphatic heterocycles. The summed E-state index contributed by atoms with van der Waals surface area (Å²) in [6, 6.07) is 11.9. The molecule has 0 atom stereocenters. The zero-order valence-electron chi connectivity index (χ0n) is 17.4. The first kappa shape index (κ1) is 22.1. The van der Waals surface area contributed by atoms with E-state index in [4.69, 9.17) is 9.47 Å². The third-order valence-electron chi connectivity index (χ3n) is 4.93. The molecule has 162 valence electrons. The number of methoxy groups -OCH3 is 1. The molecule has 8 nitrogen and oxygen atoms in total. The number of hydrogen-bond donors (Lipinski definition) is 1. The van der Waals surface area contributed by atoms with Gasteiger partial charge in [-0.15, -0.1) is 0 Å². The summed E-state index contributed by atoms with van der Waals surface area (Å²) in [5.41, 5.74) is 2.09. The molecular formula is C21H27N3O5S. The molecule has 1 aliphatic rings. The number of benzene rings is 2. The Morgan fingerprint density at radius 2 is 1.80 bits per heavy atom. The van der Waals surface area contributed by atoms with Crippen LogP contribution in [0.1, 0.15) is 15.9 Å². The number of sulfonamides is 1. The zero-order chi connectivity index (χ0) is 21.7. The fourth-order valence-corrected chi connectivity index (χ4v) is 4.18. The van der Waals surface area contributed by atoms with E-state index < -0.39 is 10.0 Å². The Kier molecular flexibility index (Phi) is 6.96. The summed E-state index contributed by atoms with van der Waals surface area (Å²) in [6.07, 6.45) is 0. The van der Waals surface area contributed by atoms with Crippen LogP contribution >= 0.6 is 0 Å². The number of rotatable bonds is 7. The molecule has 0 aliphatic carbocycles. The topological polar surface area (TPSA) is 88.2 Å². The lowest BCUT2D eigenvalue weighted by Crippen LogP contribution is -2.40. The molecule has 30 heavy (non-hydrogen) atoms. The predicted octanol–water partition coefficient (Wildman–Crippen LogP) is 1.71. The molecule has 0 radical (unpaired) electrons. The monoisotopic (exact) mass is 433 g/mol. The third kappa shape index (κ3) is 5.10. The van der Waals surface area contributed by atoms with Crippen molar-refractivity contribution in [1.29, 1.82) is 0 Å². The smallest absolute Gasteiger partial charge is 0.257 e. The Bertz CT molecular complexity index is 984. The van der Waals surface area contributed by atoms with Crippen LogP contribution in [0.25, 0.3) is 0 Å². The van der Waals surface area contributed by atoms with Crippen molar-refractivity contribution in [2.75, 3.05) is 52.4 Å². The summed E-state index contributed by atoms with van der Waals surface area (Å²) in [5.74, 6) is 0.0659. The van der Waals surface area contributed by atoms with Gasteiger partial charge in [0.25, 0.3) is 5.91 Å². The zero-order valence-corrected chi connectivity index (χ0v) is 18.2. The highest BCUT2D eigenvalue weighted by molar-refractivity contribution is 7.89. The van der Waals surface area contributed by atoms with Gasteiger partial charge < -0.3 is 19.3 Å². The first-order valence-corrected chi connectivity index (χ1v) is 11.1. The second-order valence-electron chi connectivity index (χ2n) is 7.15. The van der Waals surface area contributed by atoms with Crippen LogP contribution in [0, 0.1) is 0 Å². The van der Waals surface area contributed by atoms with Gasteiger partial charge in [-0.25, -0.2) is 13.1 Å². The van der Waals surface area contributed by atoms with Gasteiger partial charge in [0.05, 0.1) is 30.8 Å². The van der Waals surface area contributed by atoms with Crippen molar-refractivity contribution in [3.05, 3.63) is 53.6 Å². The number of hydrogen-bond acceptors (Lipinski definition) is 6. The van der Waals surface area contributed by atoms with Crippen molar-refractivity contribution >= 4 is 21.6 Å². The van der Waals surface area contributed by atoms with Gasteiger partial charge in [0, 0.05) is 39.4 Å².